The maximum atomic E-state index is 13.3. The quantitative estimate of drug-likeness (QED) is 0.864. The largest absolute Gasteiger partial charge is 0.496 e. The van der Waals surface area contributed by atoms with Crippen molar-refractivity contribution in [2.75, 3.05) is 20.2 Å². The van der Waals surface area contributed by atoms with Gasteiger partial charge in [-0.25, -0.2) is 9.67 Å². The summed E-state index contributed by atoms with van der Waals surface area (Å²) >= 11 is 0. The van der Waals surface area contributed by atoms with Crippen molar-refractivity contribution < 1.29 is 9.53 Å². The molecule has 2 aliphatic rings. The molecule has 0 spiro atoms. The summed E-state index contributed by atoms with van der Waals surface area (Å²) in [6.45, 7) is 1.53. The van der Waals surface area contributed by atoms with Crippen molar-refractivity contribution >= 4 is 5.91 Å². The number of benzene rings is 1. The van der Waals surface area contributed by atoms with E-state index in [-0.39, 0.29) is 11.9 Å². The van der Waals surface area contributed by atoms with Crippen LogP contribution in [-0.2, 0) is 10.2 Å². The average Bonchev–Trinajstić information content (AvgIpc) is 3.26. The smallest absolute Gasteiger partial charge is 0.233 e. The van der Waals surface area contributed by atoms with Gasteiger partial charge in [0, 0.05) is 18.7 Å². The molecule has 6 nitrogen and oxygen atoms in total. The molecule has 1 aliphatic heterocycles. The summed E-state index contributed by atoms with van der Waals surface area (Å²) in [6.07, 6.45) is 7.13. The second-order valence-electron chi connectivity index (χ2n) is 6.71. The maximum absolute atomic E-state index is 13.3. The number of ether oxygens (including phenoxy) is 1. The van der Waals surface area contributed by atoms with Crippen LogP contribution >= 0.6 is 0 Å². The molecule has 0 bridgehead atoms. The SMILES string of the molecule is COc1ccccc1C1(C(=O)N2CCCC(n3cncn3)C2)CC1. The van der Waals surface area contributed by atoms with Gasteiger partial charge in [-0.05, 0) is 31.7 Å². The first-order chi connectivity index (χ1) is 11.7. The fraction of sp³-hybridized carbons (Fsp3) is 0.500. The molecule has 24 heavy (non-hydrogen) atoms. The van der Waals surface area contributed by atoms with Crippen LogP contribution in [0, 0.1) is 0 Å². The van der Waals surface area contributed by atoms with Gasteiger partial charge in [-0.1, -0.05) is 18.2 Å². The van der Waals surface area contributed by atoms with Crippen LogP contribution in [0.2, 0.25) is 0 Å². The van der Waals surface area contributed by atoms with Crippen LogP contribution in [0.1, 0.15) is 37.3 Å². The Balaban J connectivity index is 1.57. The van der Waals surface area contributed by atoms with Crippen LogP contribution in [0.3, 0.4) is 0 Å². The third kappa shape index (κ3) is 2.46. The summed E-state index contributed by atoms with van der Waals surface area (Å²) < 4.78 is 7.37. The summed E-state index contributed by atoms with van der Waals surface area (Å²) in [5.41, 5.74) is 0.636. The van der Waals surface area contributed by atoms with Crippen molar-refractivity contribution in [1.29, 1.82) is 0 Å². The Morgan fingerprint density at radius 2 is 2.17 bits per heavy atom. The Morgan fingerprint density at radius 3 is 2.88 bits per heavy atom. The van der Waals surface area contributed by atoms with E-state index in [2.05, 4.69) is 10.1 Å². The molecule has 1 saturated carbocycles. The number of rotatable bonds is 4. The number of likely N-dealkylation sites (tertiary alicyclic amines) is 1. The molecule has 0 N–H and O–H groups in total. The second kappa shape index (κ2) is 5.92. The predicted octanol–water partition coefficient (Wildman–Crippen LogP) is 2.18. The normalized spacial score (nSPS) is 22.2. The number of carbonyl (C=O) groups is 1. The van der Waals surface area contributed by atoms with E-state index in [1.54, 1.807) is 19.8 Å². The lowest BCUT2D eigenvalue weighted by Crippen LogP contribution is -2.45. The number of nitrogens with zero attached hydrogens (tertiary/aromatic N) is 4. The van der Waals surface area contributed by atoms with Gasteiger partial charge in [-0.3, -0.25) is 4.79 Å². The van der Waals surface area contributed by atoms with E-state index in [1.807, 2.05) is 33.8 Å². The first-order valence-corrected chi connectivity index (χ1v) is 8.51. The summed E-state index contributed by atoms with van der Waals surface area (Å²) in [5, 5.41) is 4.24. The third-order valence-electron chi connectivity index (χ3n) is 5.28. The van der Waals surface area contributed by atoms with Gasteiger partial charge in [0.25, 0.3) is 0 Å². The van der Waals surface area contributed by atoms with E-state index in [0.29, 0.717) is 6.54 Å². The molecule has 1 saturated heterocycles. The van der Waals surface area contributed by atoms with E-state index in [9.17, 15) is 4.79 Å². The van der Waals surface area contributed by atoms with Crippen molar-refractivity contribution in [3.05, 3.63) is 42.5 Å². The summed E-state index contributed by atoms with van der Waals surface area (Å²) in [5.74, 6) is 1.05. The van der Waals surface area contributed by atoms with Crippen molar-refractivity contribution in [1.82, 2.24) is 19.7 Å². The van der Waals surface area contributed by atoms with Crippen LogP contribution in [0.5, 0.6) is 5.75 Å². The number of piperidine rings is 1. The third-order valence-corrected chi connectivity index (χ3v) is 5.28. The van der Waals surface area contributed by atoms with Crippen molar-refractivity contribution in [2.24, 2.45) is 0 Å². The highest BCUT2D eigenvalue weighted by Crippen LogP contribution is 2.52. The van der Waals surface area contributed by atoms with Gasteiger partial charge < -0.3 is 9.64 Å². The molecule has 1 aliphatic carbocycles. The summed E-state index contributed by atoms with van der Waals surface area (Å²) in [6, 6.07) is 8.13. The number of carbonyl (C=O) groups excluding carboxylic acids is 1. The number of hydrogen-bond acceptors (Lipinski definition) is 4. The van der Waals surface area contributed by atoms with E-state index in [0.717, 1.165) is 43.5 Å². The molecule has 4 rings (SSSR count). The van der Waals surface area contributed by atoms with E-state index in [4.69, 9.17) is 4.74 Å². The number of hydrogen-bond donors (Lipinski definition) is 0. The molecular formula is C18H22N4O2. The molecule has 2 heterocycles. The van der Waals surface area contributed by atoms with Gasteiger partial charge >= 0.3 is 0 Å². The standard InChI is InChI=1S/C18H22N4O2/c1-24-16-7-3-2-6-15(16)18(8-9-18)17(23)21-10-4-5-14(11-21)22-13-19-12-20-22/h2-3,6-7,12-14H,4-5,8-11H2,1H3. The fourth-order valence-electron chi connectivity index (χ4n) is 3.83. The zero-order valence-corrected chi connectivity index (χ0v) is 13.9. The van der Waals surface area contributed by atoms with Gasteiger partial charge in [0.2, 0.25) is 5.91 Å². The molecule has 1 aromatic carbocycles. The summed E-state index contributed by atoms with van der Waals surface area (Å²) in [7, 11) is 1.67. The van der Waals surface area contributed by atoms with Crippen molar-refractivity contribution in [3.63, 3.8) is 0 Å². The van der Waals surface area contributed by atoms with Crippen LogP contribution in [0.4, 0.5) is 0 Å². The zero-order valence-electron chi connectivity index (χ0n) is 13.9. The summed E-state index contributed by atoms with van der Waals surface area (Å²) in [4.78, 5) is 19.3. The van der Waals surface area contributed by atoms with E-state index >= 15 is 0 Å². The average molecular weight is 326 g/mol. The van der Waals surface area contributed by atoms with Crippen molar-refractivity contribution in [3.8, 4) is 5.75 Å². The fourth-order valence-corrected chi connectivity index (χ4v) is 3.83. The van der Waals surface area contributed by atoms with Gasteiger partial charge in [0.05, 0.1) is 18.6 Å². The van der Waals surface area contributed by atoms with Gasteiger partial charge in [0.1, 0.15) is 18.4 Å². The van der Waals surface area contributed by atoms with Crippen LogP contribution in [0.15, 0.2) is 36.9 Å². The Labute approximate surface area is 141 Å². The molecule has 1 aromatic heterocycles. The number of amides is 1. The minimum absolute atomic E-state index is 0.221. The van der Waals surface area contributed by atoms with Crippen LogP contribution < -0.4 is 4.74 Å². The minimum atomic E-state index is -0.392. The zero-order chi connectivity index (χ0) is 16.6. The van der Waals surface area contributed by atoms with E-state index in [1.165, 1.54) is 0 Å². The monoisotopic (exact) mass is 326 g/mol. The minimum Gasteiger partial charge on any atom is -0.496 e. The molecule has 1 unspecified atom stereocenters. The van der Waals surface area contributed by atoms with Gasteiger partial charge in [-0.15, -0.1) is 0 Å². The molecular weight excluding hydrogens is 304 g/mol. The lowest BCUT2D eigenvalue weighted by Gasteiger charge is -2.35. The topological polar surface area (TPSA) is 60.2 Å². The molecule has 2 aromatic rings. The Morgan fingerprint density at radius 1 is 1.33 bits per heavy atom. The molecule has 1 amide bonds. The Bertz CT molecular complexity index is 724. The van der Waals surface area contributed by atoms with Crippen LogP contribution in [0.25, 0.3) is 0 Å². The lowest BCUT2D eigenvalue weighted by molar-refractivity contribution is -0.135. The highest BCUT2D eigenvalue weighted by atomic mass is 16.5. The Kier molecular flexibility index (Phi) is 3.75. The maximum Gasteiger partial charge on any atom is 0.233 e. The molecule has 6 heteroatoms. The van der Waals surface area contributed by atoms with Crippen LogP contribution in [-0.4, -0.2) is 45.8 Å². The first kappa shape index (κ1) is 15.2. The van der Waals surface area contributed by atoms with Gasteiger partial charge in [-0.2, -0.15) is 5.10 Å². The van der Waals surface area contributed by atoms with Crippen molar-refractivity contribution in [2.45, 2.75) is 37.1 Å². The number of methoxy groups -OCH3 is 1. The highest BCUT2D eigenvalue weighted by molar-refractivity contribution is 5.92. The van der Waals surface area contributed by atoms with Gasteiger partial charge in [0.15, 0.2) is 0 Å². The Hall–Kier alpha value is -2.37. The number of aromatic nitrogens is 3. The highest BCUT2D eigenvalue weighted by Gasteiger charge is 2.54. The molecule has 1 atom stereocenters. The first-order valence-electron chi connectivity index (χ1n) is 8.51. The second-order valence-corrected chi connectivity index (χ2v) is 6.71. The molecule has 126 valence electrons. The van der Waals surface area contributed by atoms with E-state index < -0.39 is 5.41 Å². The predicted molar refractivity (Wildman–Crippen MR) is 88.8 cm³/mol. The lowest BCUT2D eigenvalue weighted by atomic mass is 9.92. The molecule has 2 fully saturated rings. The molecule has 0 radical (unpaired) electrons. The number of para-hydroxylation sites is 1.